The van der Waals surface area contributed by atoms with Crippen molar-refractivity contribution in [3.05, 3.63) is 0 Å². The maximum atomic E-state index is 5.96. The molecule has 80 valence electrons. The Hall–Kier alpha value is -0.0800. The molecule has 13 heavy (non-hydrogen) atoms. The summed E-state index contributed by atoms with van der Waals surface area (Å²) < 4.78 is 1.11. The molecule has 0 saturated carbocycles. The molecule has 0 bridgehead atoms. The number of quaternary nitrogens is 1. The first kappa shape index (κ1) is 12.9. The molecule has 0 unspecified atom stereocenters. The summed E-state index contributed by atoms with van der Waals surface area (Å²) in [6.45, 7) is 8.91. The summed E-state index contributed by atoms with van der Waals surface area (Å²) in [5.41, 5.74) is 5.95. The van der Waals surface area contributed by atoms with E-state index >= 15 is 0 Å². The highest BCUT2D eigenvalue weighted by molar-refractivity contribution is 4.70. The first-order valence-corrected chi connectivity index (χ1v) is 5.38. The number of unbranched alkanes of at least 4 members (excludes halogenated alkanes) is 1. The van der Waals surface area contributed by atoms with Crippen molar-refractivity contribution < 1.29 is 4.48 Å². The van der Waals surface area contributed by atoms with Crippen molar-refractivity contribution in [1.82, 2.24) is 0 Å². The Morgan fingerprint density at radius 1 is 1.15 bits per heavy atom. The molecule has 0 atom stereocenters. The Balaban J connectivity index is 3.75. The molecule has 0 fully saturated rings. The van der Waals surface area contributed by atoms with Gasteiger partial charge < -0.3 is 10.2 Å². The molecule has 2 N–H and O–H groups in total. The Bertz CT molecular complexity index is 134. The standard InChI is InChI=1S/C11H27N2/c1-6-7-9-13(4,5)10-8-11(2,3)12/h6-10,12H2,1-5H3/q+1. The smallest absolute Gasteiger partial charge is 0.0800 e. The SMILES string of the molecule is CCCC[N+](C)(C)CCC(C)(C)N. The van der Waals surface area contributed by atoms with Gasteiger partial charge in [0, 0.05) is 12.0 Å². The van der Waals surface area contributed by atoms with Gasteiger partial charge in [-0.25, -0.2) is 0 Å². The van der Waals surface area contributed by atoms with Crippen LogP contribution in [-0.2, 0) is 0 Å². The number of nitrogens with zero attached hydrogens (tertiary/aromatic N) is 1. The molecule has 0 aromatic heterocycles. The first-order valence-electron chi connectivity index (χ1n) is 5.38. The molecular formula is C11H27N2+. The Morgan fingerprint density at radius 3 is 2.08 bits per heavy atom. The van der Waals surface area contributed by atoms with Crippen LogP contribution in [0.5, 0.6) is 0 Å². The second-order valence-electron chi connectivity index (χ2n) is 5.48. The maximum absolute atomic E-state index is 5.96. The number of hydrogen-bond acceptors (Lipinski definition) is 1. The van der Waals surface area contributed by atoms with Crippen molar-refractivity contribution in [2.75, 3.05) is 27.2 Å². The molecule has 0 aliphatic rings. The lowest BCUT2D eigenvalue weighted by molar-refractivity contribution is -0.891. The summed E-state index contributed by atoms with van der Waals surface area (Å²) in [6, 6.07) is 0. The monoisotopic (exact) mass is 187 g/mol. The second-order valence-corrected chi connectivity index (χ2v) is 5.48. The highest BCUT2D eigenvalue weighted by atomic mass is 15.3. The third kappa shape index (κ3) is 8.26. The van der Waals surface area contributed by atoms with Crippen molar-refractivity contribution in [3.8, 4) is 0 Å². The van der Waals surface area contributed by atoms with Crippen LogP contribution >= 0.6 is 0 Å². The van der Waals surface area contributed by atoms with Gasteiger partial charge in [0.05, 0.1) is 27.2 Å². The lowest BCUT2D eigenvalue weighted by atomic mass is 10.0. The van der Waals surface area contributed by atoms with Crippen LogP contribution in [0.4, 0.5) is 0 Å². The van der Waals surface area contributed by atoms with E-state index in [1.54, 1.807) is 0 Å². The molecule has 0 aromatic rings. The summed E-state index contributed by atoms with van der Waals surface area (Å²) >= 11 is 0. The zero-order valence-corrected chi connectivity index (χ0v) is 10.1. The van der Waals surface area contributed by atoms with Gasteiger partial charge >= 0.3 is 0 Å². The number of rotatable bonds is 6. The van der Waals surface area contributed by atoms with Crippen LogP contribution in [0.2, 0.25) is 0 Å². The molecule has 0 rings (SSSR count). The highest BCUT2D eigenvalue weighted by Gasteiger charge is 2.19. The summed E-state index contributed by atoms with van der Waals surface area (Å²) in [5, 5.41) is 0. The van der Waals surface area contributed by atoms with Gasteiger partial charge in [-0.15, -0.1) is 0 Å². The van der Waals surface area contributed by atoms with Crippen molar-refractivity contribution in [3.63, 3.8) is 0 Å². The quantitative estimate of drug-likeness (QED) is 0.632. The van der Waals surface area contributed by atoms with Crippen molar-refractivity contribution in [2.45, 2.75) is 45.6 Å². The number of hydrogen-bond donors (Lipinski definition) is 1. The summed E-state index contributed by atoms with van der Waals surface area (Å²) in [4.78, 5) is 0. The van der Waals surface area contributed by atoms with Gasteiger partial charge in [0.25, 0.3) is 0 Å². The zero-order chi connectivity index (χ0) is 10.5. The fourth-order valence-corrected chi connectivity index (χ4v) is 1.29. The van der Waals surface area contributed by atoms with Gasteiger partial charge in [-0.2, -0.15) is 0 Å². The highest BCUT2D eigenvalue weighted by Crippen LogP contribution is 2.09. The van der Waals surface area contributed by atoms with Crippen LogP contribution in [0, 0.1) is 0 Å². The van der Waals surface area contributed by atoms with E-state index in [-0.39, 0.29) is 5.54 Å². The molecular weight excluding hydrogens is 160 g/mol. The minimum absolute atomic E-state index is 0.0122. The molecule has 2 nitrogen and oxygen atoms in total. The lowest BCUT2D eigenvalue weighted by Crippen LogP contribution is -2.45. The van der Waals surface area contributed by atoms with Crippen molar-refractivity contribution >= 4 is 0 Å². The summed E-state index contributed by atoms with van der Waals surface area (Å²) in [7, 11) is 4.59. The summed E-state index contributed by atoms with van der Waals surface area (Å²) in [6.07, 6.45) is 3.70. The van der Waals surface area contributed by atoms with Crippen LogP contribution < -0.4 is 5.73 Å². The van der Waals surface area contributed by atoms with E-state index in [1.807, 2.05) is 0 Å². The molecule has 2 heteroatoms. The number of nitrogens with two attached hydrogens (primary N) is 1. The minimum Gasteiger partial charge on any atom is -0.328 e. The van der Waals surface area contributed by atoms with Gasteiger partial charge in [-0.3, -0.25) is 0 Å². The predicted molar refractivity (Wildman–Crippen MR) is 59.6 cm³/mol. The fourth-order valence-electron chi connectivity index (χ4n) is 1.29. The maximum Gasteiger partial charge on any atom is 0.0800 e. The van der Waals surface area contributed by atoms with Gasteiger partial charge in [0.15, 0.2) is 0 Å². The average molecular weight is 187 g/mol. The van der Waals surface area contributed by atoms with E-state index < -0.39 is 0 Å². The van der Waals surface area contributed by atoms with E-state index in [2.05, 4.69) is 34.9 Å². The minimum atomic E-state index is -0.0122. The Labute approximate surface area is 83.7 Å². The molecule has 0 aromatic carbocycles. The van der Waals surface area contributed by atoms with Crippen LogP contribution in [0.1, 0.15) is 40.0 Å². The molecule has 0 heterocycles. The normalized spacial score (nSPS) is 13.4. The zero-order valence-electron chi connectivity index (χ0n) is 10.1. The molecule has 0 saturated heterocycles. The lowest BCUT2D eigenvalue weighted by Gasteiger charge is -2.32. The average Bonchev–Trinajstić information content (AvgIpc) is 1.97. The summed E-state index contributed by atoms with van der Waals surface area (Å²) in [5.74, 6) is 0. The first-order chi connectivity index (χ1) is 5.77. The Morgan fingerprint density at radius 2 is 1.69 bits per heavy atom. The second kappa shape index (κ2) is 4.97. The van der Waals surface area contributed by atoms with Crippen LogP contribution in [0.25, 0.3) is 0 Å². The van der Waals surface area contributed by atoms with Crippen molar-refractivity contribution in [2.24, 2.45) is 5.73 Å². The molecule has 0 aliphatic heterocycles. The van der Waals surface area contributed by atoms with E-state index in [9.17, 15) is 0 Å². The fraction of sp³-hybridized carbons (Fsp3) is 1.00. The van der Waals surface area contributed by atoms with E-state index in [0.29, 0.717) is 0 Å². The predicted octanol–water partition coefficient (Wildman–Crippen LogP) is 1.99. The van der Waals surface area contributed by atoms with E-state index in [0.717, 1.165) is 10.9 Å². The van der Waals surface area contributed by atoms with Gasteiger partial charge in [0.2, 0.25) is 0 Å². The largest absolute Gasteiger partial charge is 0.328 e. The van der Waals surface area contributed by atoms with Gasteiger partial charge in [-0.05, 0) is 20.3 Å². The molecule has 0 spiro atoms. The van der Waals surface area contributed by atoms with E-state index in [1.165, 1.54) is 25.9 Å². The van der Waals surface area contributed by atoms with Crippen LogP contribution in [-0.4, -0.2) is 37.2 Å². The molecule has 0 radical (unpaired) electrons. The third-order valence-corrected chi connectivity index (χ3v) is 2.48. The van der Waals surface area contributed by atoms with Gasteiger partial charge in [-0.1, -0.05) is 13.3 Å². The van der Waals surface area contributed by atoms with E-state index in [4.69, 9.17) is 5.73 Å². The van der Waals surface area contributed by atoms with Gasteiger partial charge in [0.1, 0.15) is 0 Å². The molecule has 0 aliphatic carbocycles. The van der Waals surface area contributed by atoms with Crippen LogP contribution in [0.3, 0.4) is 0 Å². The Kier molecular flexibility index (Phi) is 4.93. The third-order valence-electron chi connectivity index (χ3n) is 2.48. The van der Waals surface area contributed by atoms with Crippen LogP contribution in [0.15, 0.2) is 0 Å². The topological polar surface area (TPSA) is 26.0 Å². The van der Waals surface area contributed by atoms with Crippen molar-refractivity contribution in [1.29, 1.82) is 0 Å². The molecule has 0 amide bonds.